The van der Waals surface area contributed by atoms with E-state index in [2.05, 4.69) is 5.32 Å². The maximum absolute atomic E-state index is 11.0. The van der Waals surface area contributed by atoms with Crippen LogP contribution >= 0.6 is 11.8 Å². The number of sulfonamides is 1. The topological polar surface area (TPSA) is 72.2 Å². The summed E-state index contributed by atoms with van der Waals surface area (Å²) in [7, 11) is -3.61. The normalized spacial score (nSPS) is 14.6. The van der Waals surface area contributed by atoms with Gasteiger partial charge in [0, 0.05) is 11.1 Å². The van der Waals surface area contributed by atoms with Gasteiger partial charge in [0.1, 0.15) is 0 Å². The Hall–Kier alpha value is -0.980. The van der Waals surface area contributed by atoms with Crippen molar-refractivity contribution in [2.24, 2.45) is 5.14 Å². The molecule has 0 amide bonds. The number of nitrogens with one attached hydrogen (secondary N) is 1. The number of hydrogen-bond donors (Lipinski definition) is 2. The predicted molar refractivity (Wildman–Crippen MR) is 56.4 cm³/mol. The highest BCUT2D eigenvalue weighted by molar-refractivity contribution is 8.02. The van der Waals surface area contributed by atoms with Crippen molar-refractivity contribution in [2.45, 2.75) is 9.79 Å². The van der Waals surface area contributed by atoms with E-state index in [1.165, 1.54) is 23.9 Å². The van der Waals surface area contributed by atoms with Gasteiger partial charge in [-0.25, -0.2) is 13.6 Å². The molecule has 0 atom stereocenters. The summed E-state index contributed by atoms with van der Waals surface area (Å²) in [6.07, 6.45) is 1.75. The lowest BCUT2D eigenvalue weighted by Crippen LogP contribution is -2.12. The lowest BCUT2D eigenvalue weighted by molar-refractivity contribution is 0.598. The summed E-state index contributed by atoms with van der Waals surface area (Å²) in [4.78, 5) is 1.11. The van der Waals surface area contributed by atoms with Crippen LogP contribution in [0.5, 0.6) is 0 Å². The van der Waals surface area contributed by atoms with E-state index in [9.17, 15) is 8.42 Å². The van der Waals surface area contributed by atoms with Gasteiger partial charge < -0.3 is 5.32 Å². The number of rotatable bonds is 1. The fourth-order valence-electron chi connectivity index (χ4n) is 1.13. The molecule has 4 nitrogen and oxygen atoms in total. The predicted octanol–water partition coefficient (Wildman–Crippen LogP) is 1.32. The Morgan fingerprint density at radius 1 is 1.36 bits per heavy atom. The van der Waals surface area contributed by atoms with Crippen molar-refractivity contribution in [1.29, 1.82) is 0 Å². The number of fused-ring (bicyclic) bond motifs is 1. The molecule has 1 aliphatic heterocycles. The highest BCUT2D eigenvalue weighted by atomic mass is 32.2. The Morgan fingerprint density at radius 3 is 2.86 bits per heavy atom. The summed E-state index contributed by atoms with van der Waals surface area (Å²) in [5, 5.41) is 9.85. The molecule has 6 heteroatoms. The zero-order valence-electron chi connectivity index (χ0n) is 7.10. The molecule has 0 saturated heterocycles. The Balaban J connectivity index is 2.52. The number of primary sulfonamides is 1. The highest BCUT2D eigenvalue weighted by Gasteiger charge is 2.12. The monoisotopic (exact) mass is 228 g/mol. The fraction of sp³-hybridized carbons (Fsp3) is 0. The average Bonchev–Trinajstić information content (AvgIpc) is 2.16. The van der Waals surface area contributed by atoms with E-state index in [1.807, 2.05) is 5.41 Å². The van der Waals surface area contributed by atoms with Gasteiger partial charge in [0.05, 0.1) is 10.6 Å². The Kier molecular flexibility index (Phi) is 2.26. The van der Waals surface area contributed by atoms with Gasteiger partial charge in [-0.15, -0.1) is 0 Å². The number of benzene rings is 1. The van der Waals surface area contributed by atoms with Crippen molar-refractivity contribution < 1.29 is 8.42 Å². The molecule has 3 N–H and O–H groups in total. The second-order valence-electron chi connectivity index (χ2n) is 2.77. The Morgan fingerprint density at radius 2 is 2.14 bits per heavy atom. The van der Waals surface area contributed by atoms with Gasteiger partial charge in [-0.3, -0.25) is 0 Å². The second-order valence-corrected chi connectivity index (χ2v) is 5.28. The Labute approximate surface area is 86.2 Å². The van der Waals surface area contributed by atoms with E-state index in [4.69, 9.17) is 5.14 Å². The highest BCUT2D eigenvalue weighted by Crippen LogP contribution is 2.32. The van der Waals surface area contributed by atoms with E-state index >= 15 is 0 Å². The van der Waals surface area contributed by atoms with E-state index in [1.54, 1.807) is 12.3 Å². The number of nitrogens with two attached hydrogens (primary N) is 1. The van der Waals surface area contributed by atoms with Crippen LogP contribution < -0.4 is 10.5 Å². The zero-order valence-corrected chi connectivity index (χ0v) is 8.73. The maximum atomic E-state index is 11.0. The molecular weight excluding hydrogens is 220 g/mol. The van der Waals surface area contributed by atoms with Gasteiger partial charge in [0.25, 0.3) is 0 Å². The van der Waals surface area contributed by atoms with Crippen molar-refractivity contribution in [2.75, 3.05) is 5.32 Å². The van der Waals surface area contributed by atoms with Gasteiger partial charge in [-0.05, 0) is 23.6 Å². The van der Waals surface area contributed by atoms with Gasteiger partial charge >= 0.3 is 0 Å². The standard InChI is InChI=1S/C8H8N2O2S2/c9-14(11,12)6-1-2-8-7(5-6)10-3-4-13-8/h1-5,10H,(H2,9,11,12). The van der Waals surface area contributed by atoms with Crippen LogP contribution in [0.25, 0.3) is 0 Å². The van der Waals surface area contributed by atoms with Crippen LogP contribution in [0.4, 0.5) is 5.69 Å². The molecule has 0 unspecified atom stereocenters. The lowest BCUT2D eigenvalue weighted by atomic mass is 10.3. The molecule has 0 aromatic heterocycles. The summed E-state index contributed by atoms with van der Waals surface area (Å²) in [5.41, 5.74) is 0.768. The molecule has 1 aromatic carbocycles. The molecule has 0 aliphatic carbocycles. The molecule has 0 bridgehead atoms. The van der Waals surface area contributed by atoms with Crippen molar-refractivity contribution in [1.82, 2.24) is 0 Å². The fourth-order valence-corrected chi connectivity index (χ4v) is 2.35. The van der Waals surface area contributed by atoms with Crippen LogP contribution in [-0.4, -0.2) is 8.42 Å². The van der Waals surface area contributed by atoms with E-state index < -0.39 is 10.0 Å². The van der Waals surface area contributed by atoms with Crippen LogP contribution in [-0.2, 0) is 10.0 Å². The minimum atomic E-state index is -3.61. The molecule has 0 radical (unpaired) electrons. The summed E-state index contributed by atoms with van der Waals surface area (Å²) in [6, 6.07) is 4.76. The SMILES string of the molecule is NS(=O)(=O)c1ccc2c(c1)NC=CS2. The molecular formula is C8H8N2O2S2. The molecule has 1 aromatic rings. The average molecular weight is 228 g/mol. The van der Waals surface area contributed by atoms with Crippen molar-refractivity contribution in [3.05, 3.63) is 29.8 Å². The summed E-state index contributed by atoms with van der Waals surface area (Å²) in [6.45, 7) is 0. The van der Waals surface area contributed by atoms with Crippen LogP contribution in [0.1, 0.15) is 0 Å². The summed E-state index contributed by atoms with van der Waals surface area (Å²) < 4.78 is 22.1. The van der Waals surface area contributed by atoms with Crippen molar-refractivity contribution in [3.63, 3.8) is 0 Å². The van der Waals surface area contributed by atoms with Gasteiger partial charge in [0.2, 0.25) is 10.0 Å². The van der Waals surface area contributed by atoms with E-state index in [0.29, 0.717) is 0 Å². The summed E-state index contributed by atoms with van der Waals surface area (Å²) >= 11 is 1.53. The zero-order chi connectivity index (χ0) is 10.2. The van der Waals surface area contributed by atoms with E-state index in [0.717, 1.165) is 10.6 Å². The van der Waals surface area contributed by atoms with Crippen LogP contribution in [0.15, 0.2) is 39.6 Å². The molecule has 1 aliphatic rings. The maximum Gasteiger partial charge on any atom is 0.238 e. The molecule has 0 saturated carbocycles. The van der Waals surface area contributed by atoms with E-state index in [-0.39, 0.29) is 4.90 Å². The number of thioether (sulfide) groups is 1. The van der Waals surface area contributed by atoms with Crippen LogP contribution in [0, 0.1) is 0 Å². The molecule has 1 heterocycles. The third kappa shape index (κ3) is 1.77. The number of anilines is 1. The third-order valence-corrected chi connectivity index (χ3v) is 3.57. The quantitative estimate of drug-likeness (QED) is 0.760. The van der Waals surface area contributed by atoms with Gasteiger partial charge in [-0.2, -0.15) is 0 Å². The minimum Gasteiger partial charge on any atom is -0.360 e. The molecule has 0 fully saturated rings. The summed E-state index contributed by atoms with van der Waals surface area (Å²) in [5.74, 6) is 0. The van der Waals surface area contributed by atoms with Gasteiger partial charge in [0.15, 0.2) is 0 Å². The molecule has 14 heavy (non-hydrogen) atoms. The first-order valence-corrected chi connectivity index (χ1v) is 6.25. The molecule has 2 rings (SSSR count). The lowest BCUT2D eigenvalue weighted by Gasteiger charge is -2.12. The van der Waals surface area contributed by atoms with Crippen LogP contribution in [0.3, 0.4) is 0 Å². The first-order valence-electron chi connectivity index (χ1n) is 3.82. The Bertz CT molecular complexity index is 494. The minimum absolute atomic E-state index is 0.125. The van der Waals surface area contributed by atoms with Gasteiger partial charge in [-0.1, -0.05) is 11.8 Å². The largest absolute Gasteiger partial charge is 0.360 e. The van der Waals surface area contributed by atoms with Crippen molar-refractivity contribution in [3.8, 4) is 0 Å². The second kappa shape index (κ2) is 3.30. The number of hydrogen-bond acceptors (Lipinski definition) is 4. The van der Waals surface area contributed by atoms with Crippen LogP contribution in [0.2, 0.25) is 0 Å². The first-order chi connectivity index (χ1) is 6.57. The third-order valence-electron chi connectivity index (χ3n) is 1.78. The molecule has 0 spiro atoms. The van der Waals surface area contributed by atoms with Crippen molar-refractivity contribution >= 4 is 27.5 Å². The first kappa shape index (κ1) is 9.57. The smallest absolute Gasteiger partial charge is 0.238 e. The molecule has 74 valence electrons.